The molecule has 28 heavy (non-hydrogen) atoms. The number of nitrogens with zero attached hydrogens (tertiary/aromatic N) is 3. The van der Waals surface area contributed by atoms with Gasteiger partial charge in [0.2, 0.25) is 5.95 Å². The van der Waals surface area contributed by atoms with Gasteiger partial charge in [0.05, 0.1) is 5.52 Å². The van der Waals surface area contributed by atoms with E-state index in [-0.39, 0.29) is 23.6 Å². The lowest BCUT2D eigenvalue weighted by Gasteiger charge is -2.24. The average molecular weight is 388 g/mol. The van der Waals surface area contributed by atoms with Crippen LogP contribution in [0.4, 0.5) is 30.8 Å². The van der Waals surface area contributed by atoms with Crippen LogP contribution >= 0.6 is 0 Å². The Bertz CT molecular complexity index is 969. The van der Waals surface area contributed by atoms with E-state index in [4.69, 9.17) is 0 Å². The Labute approximate surface area is 159 Å². The van der Waals surface area contributed by atoms with E-state index < -0.39 is 11.7 Å². The maximum atomic E-state index is 13.4. The van der Waals surface area contributed by atoms with Crippen molar-refractivity contribution in [3.63, 3.8) is 0 Å². The van der Waals surface area contributed by atoms with Crippen molar-refractivity contribution in [1.29, 1.82) is 0 Å². The predicted octanol–water partition coefficient (Wildman–Crippen LogP) is 3.95. The first kappa shape index (κ1) is 18.4. The van der Waals surface area contributed by atoms with Gasteiger partial charge in [0, 0.05) is 24.2 Å². The summed E-state index contributed by atoms with van der Waals surface area (Å²) >= 11 is 0. The zero-order valence-electron chi connectivity index (χ0n) is 14.9. The lowest BCUT2D eigenvalue weighted by atomic mass is 10.1. The van der Waals surface area contributed by atoms with Crippen LogP contribution in [0.25, 0.3) is 10.9 Å². The Morgan fingerprint density at radius 1 is 1.07 bits per heavy atom. The van der Waals surface area contributed by atoms with Gasteiger partial charge in [-0.15, -0.1) is 0 Å². The third-order valence-corrected chi connectivity index (χ3v) is 4.57. The van der Waals surface area contributed by atoms with Gasteiger partial charge in [-0.2, -0.15) is 18.2 Å². The SMILES string of the molecule is FC(F)(F)c1cnc(N[C@H]2CCCNC2)nc1Nc1ccc2ccccc2n1. The zero-order valence-corrected chi connectivity index (χ0v) is 14.9. The lowest BCUT2D eigenvalue weighted by molar-refractivity contribution is -0.137. The minimum atomic E-state index is -4.58. The molecule has 3 heterocycles. The fourth-order valence-electron chi connectivity index (χ4n) is 3.17. The Balaban J connectivity index is 1.64. The summed E-state index contributed by atoms with van der Waals surface area (Å²) in [6.45, 7) is 1.66. The number of rotatable bonds is 4. The number of piperidine rings is 1. The molecule has 0 aliphatic carbocycles. The molecule has 1 aliphatic rings. The largest absolute Gasteiger partial charge is 0.421 e. The second-order valence-electron chi connectivity index (χ2n) is 6.66. The van der Waals surface area contributed by atoms with E-state index in [1.54, 1.807) is 18.2 Å². The molecule has 3 N–H and O–H groups in total. The van der Waals surface area contributed by atoms with Crippen LogP contribution in [0.1, 0.15) is 18.4 Å². The molecule has 1 fully saturated rings. The van der Waals surface area contributed by atoms with E-state index in [2.05, 4.69) is 30.9 Å². The second-order valence-corrected chi connectivity index (χ2v) is 6.66. The molecular formula is C19H19F3N6. The van der Waals surface area contributed by atoms with Crippen LogP contribution < -0.4 is 16.0 Å². The summed E-state index contributed by atoms with van der Waals surface area (Å²) in [5.74, 6) is 0.120. The van der Waals surface area contributed by atoms with Crippen LogP contribution in [0, 0.1) is 0 Å². The zero-order chi connectivity index (χ0) is 19.6. The highest BCUT2D eigenvalue weighted by Crippen LogP contribution is 2.35. The molecule has 0 saturated carbocycles. The minimum Gasteiger partial charge on any atom is -0.350 e. The summed E-state index contributed by atoms with van der Waals surface area (Å²) in [6.07, 6.45) is -1.88. The van der Waals surface area contributed by atoms with Crippen molar-refractivity contribution in [2.24, 2.45) is 0 Å². The predicted molar refractivity (Wildman–Crippen MR) is 102 cm³/mol. The van der Waals surface area contributed by atoms with Gasteiger partial charge in [-0.3, -0.25) is 0 Å². The maximum absolute atomic E-state index is 13.4. The summed E-state index contributed by atoms with van der Waals surface area (Å²) in [5.41, 5.74) is -0.253. The number of anilines is 3. The highest BCUT2D eigenvalue weighted by atomic mass is 19.4. The van der Waals surface area contributed by atoms with Gasteiger partial charge < -0.3 is 16.0 Å². The Morgan fingerprint density at radius 3 is 2.71 bits per heavy atom. The maximum Gasteiger partial charge on any atom is 0.421 e. The molecule has 0 bridgehead atoms. The number of nitrogens with one attached hydrogen (secondary N) is 3. The number of benzene rings is 1. The lowest BCUT2D eigenvalue weighted by Crippen LogP contribution is -2.38. The van der Waals surface area contributed by atoms with Crippen molar-refractivity contribution >= 4 is 28.5 Å². The number of hydrogen-bond acceptors (Lipinski definition) is 6. The summed E-state index contributed by atoms with van der Waals surface area (Å²) in [4.78, 5) is 12.3. The van der Waals surface area contributed by atoms with Gasteiger partial charge in [0.25, 0.3) is 0 Å². The molecule has 2 aromatic heterocycles. The van der Waals surface area contributed by atoms with E-state index in [1.165, 1.54) is 0 Å². The molecule has 1 aromatic carbocycles. The summed E-state index contributed by atoms with van der Waals surface area (Å²) in [5, 5.41) is 9.95. The fourth-order valence-corrected chi connectivity index (χ4v) is 3.17. The Kier molecular flexibility index (Phi) is 4.99. The minimum absolute atomic E-state index is 0.0807. The van der Waals surface area contributed by atoms with Gasteiger partial charge in [-0.1, -0.05) is 18.2 Å². The highest BCUT2D eigenvalue weighted by molar-refractivity contribution is 5.80. The average Bonchev–Trinajstić information content (AvgIpc) is 2.68. The first-order chi connectivity index (χ1) is 13.5. The number of pyridine rings is 1. The number of fused-ring (bicyclic) bond motifs is 1. The molecule has 1 atom stereocenters. The molecule has 6 nitrogen and oxygen atoms in total. The third kappa shape index (κ3) is 4.14. The van der Waals surface area contributed by atoms with Crippen LogP contribution in [0.2, 0.25) is 0 Å². The van der Waals surface area contributed by atoms with Crippen molar-refractivity contribution < 1.29 is 13.2 Å². The quantitative estimate of drug-likeness (QED) is 0.628. The number of halogens is 3. The van der Waals surface area contributed by atoms with Gasteiger partial charge in [-0.25, -0.2) is 9.97 Å². The van der Waals surface area contributed by atoms with Crippen molar-refractivity contribution in [2.45, 2.75) is 25.1 Å². The monoisotopic (exact) mass is 388 g/mol. The van der Waals surface area contributed by atoms with Crippen LogP contribution in [0.3, 0.4) is 0 Å². The molecule has 146 valence electrons. The second kappa shape index (κ2) is 7.59. The van der Waals surface area contributed by atoms with Gasteiger partial charge in [0.1, 0.15) is 17.2 Å². The summed E-state index contributed by atoms with van der Waals surface area (Å²) in [7, 11) is 0. The van der Waals surface area contributed by atoms with E-state index >= 15 is 0 Å². The van der Waals surface area contributed by atoms with Crippen LogP contribution in [-0.2, 0) is 6.18 Å². The van der Waals surface area contributed by atoms with Gasteiger partial charge >= 0.3 is 6.18 Å². The molecule has 1 aliphatic heterocycles. The number of para-hydroxylation sites is 1. The smallest absolute Gasteiger partial charge is 0.350 e. The first-order valence-corrected chi connectivity index (χ1v) is 9.03. The van der Waals surface area contributed by atoms with Gasteiger partial charge in [0.15, 0.2) is 0 Å². The van der Waals surface area contributed by atoms with E-state index in [1.807, 2.05) is 18.2 Å². The summed E-state index contributed by atoms with van der Waals surface area (Å²) in [6, 6.07) is 10.9. The molecule has 0 spiro atoms. The summed E-state index contributed by atoms with van der Waals surface area (Å²) < 4.78 is 40.3. The van der Waals surface area contributed by atoms with Crippen molar-refractivity contribution in [3.05, 3.63) is 48.2 Å². The molecule has 0 radical (unpaired) electrons. The molecule has 1 saturated heterocycles. The van der Waals surface area contributed by atoms with E-state index in [0.29, 0.717) is 5.52 Å². The molecular weight excluding hydrogens is 369 g/mol. The van der Waals surface area contributed by atoms with E-state index in [9.17, 15) is 13.2 Å². The molecule has 9 heteroatoms. The van der Waals surface area contributed by atoms with Crippen LogP contribution in [-0.4, -0.2) is 34.1 Å². The first-order valence-electron chi connectivity index (χ1n) is 9.03. The van der Waals surface area contributed by atoms with Crippen LogP contribution in [0.5, 0.6) is 0 Å². The van der Waals surface area contributed by atoms with Crippen molar-refractivity contribution in [2.75, 3.05) is 23.7 Å². The molecule has 0 amide bonds. The molecule has 4 rings (SSSR count). The van der Waals surface area contributed by atoms with Gasteiger partial charge in [-0.05, 0) is 37.6 Å². The topological polar surface area (TPSA) is 74.8 Å². The number of hydrogen-bond donors (Lipinski definition) is 3. The van der Waals surface area contributed by atoms with Crippen LogP contribution in [0.15, 0.2) is 42.6 Å². The Morgan fingerprint density at radius 2 is 1.93 bits per heavy atom. The standard InChI is InChI=1S/C19H19F3N6/c20-19(21,22)14-11-24-18(25-13-5-3-9-23-10-13)28-17(14)27-16-8-7-12-4-1-2-6-15(12)26-16/h1-2,4,6-8,11,13,23H,3,5,9-10H2,(H2,24,25,26,27,28)/t13-/m0/s1. The normalized spacial score (nSPS) is 17.5. The number of aromatic nitrogens is 3. The number of alkyl halides is 3. The van der Waals surface area contributed by atoms with E-state index in [0.717, 1.165) is 37.5 Å². The third-order valence-electron chi connectivity index (χ3n) is 4.57. The Hall–Kier alpha value is -2.94. The highest BCUT2D eigenvalue weighted by Gasteiger charge is 2.35. The molecule has 0 unspecified atom stereocenters. The van der Waals surface area contributed by atoms with Crippen molar-refractivity contribution in [3.8, 4) is 0 Å². The van der Waals surface area contributed by atoms with Crippen molar-refractivity contribution in [1.82, 2.24) is 20.3 Å². The molecule has 3 aromatic rings. The fraction of sp³-hybridized carbons (Fsp3) is 0.316.